The molecule has 4 heteroatoms. The molecule has 7 aromatic rings. The van der Waals surface area contributed by atoms with E-state index in [1.807, 2.05) is 72.8 Å². The molecule has 2 aliphatic heterocycles. The van der Waals surface area contributed by atoms with Gasteiger partial charge < -0.3 is 10.3 Å². The summed E-state index contributed by atoms with van der Waals surface area (Å²) in [4.78, 5) is 14.4. The van der Waals surface area contributed by atoms with Crippen LogP contribution in [-0.4, -0.2) is 10.5 Å². The highest BCUT2D eigenvalue weighted by Gasteiger charge is 2.30. The Kier molecular flexibility index (Phi) is 6.54. The van der Waals surface area contributed by atoms with Crippen molar-refractivity contribution < 1.29 is 4.79 Å². The molecule has 2 N–H and O–H groups in total. The molecule has 0 saturated carbocycles. The molecule has 3 heterocycles. The standard InChI is InChI=1S/C21H15N.C20H16N2O/c1-3-9-18-15(7-1)13-17-14-16-8-2-5-11-20(16)22(17)21-12-6-4-10-19(18)21;21-17-10-4-2-8-15(17)16-9-3-6-12-19(16)22-18-11-5-1-7-14(18)13-20(22)23/h1-12,14H,13H2;1-12H,13,21H2. The maximum absolute atomic E-state index is 12.6. The lowest BCUT2D eigenvalue weighted by Gasteiger charge is -2.21. The van der Waals surface area contributed by atoms with Gasteiger partial charge in [0.25, 0.3) is 0 Å². The lowest BCUT2D eigenvalue weighted by Crippen LogP contribution is -2.21. The first-order chi connectivity index (χ1) is 22.2. The SMILES string of the molecule is Nc1ccccc1-c1ccccc1N1C(=O)Cc2ccccc21.c1ccc2c(c1)Cc1cc3ccccc3n1-c1ccccc1-2. The molecular formula is C41H31N3O. The lowest BCUT2D eigenvalue weighted by atomic mass is 9.97. The quantitative estimate of drug-likeness (QED) is 0.207. The van der Waals surface area contributed by atoms with E-state index in [4.69, 9.17) is 5.73 Å². The average molecular weight is 582 g/mol. The van der Waals surface area contributed by atoms with Gasteiger partial charge in [-0.05, 0) is 53.1 Å². The van der Waals surface area contributed by atoms with E-state index in [9.17, 15) is 4.79 Å². The summed E-state index contributed by atoms with van der Waals surface area (Å²) in [5.41, 5.74) is 19.7. The molecule has 0 saturated heterocycles. The summed E-state index contributed by atoms with van der Waals surface area (Å²) in [5.74, 6) is 0.0909. The Morgan fingerprint density at radius 2 is 1.04 bits per heavy atom. The van der Waals surface area contributed by atoms with E-state index in [0.29, 0.717) is 12.1 Å². The molecule has 2 aliphatic rings. The van der Waals surface area contributed by atoms with Crippen LogP contribution in [0.5, 0.6) is 0 Å². The van der Waals surface area contributed by atoms with Crippen molar-refractivity contribution in [3.05, 3.63) is 168 Å². The first kappa shape index (κ1) is 26.7. The molecule has 0 atom stereocenters. The molecule has 6 aromatic carbocycles. The number of carbonyl (C=O) groups is 1. The van der Waals surface area contributed by atoms with Crippen LogP contribution in [0.1, 0.15) is 16.8 Å². The molecule has 0 bridgehead atoms. The predicted octanol–water partition coefficient (Wildman–Crippen LogP) is 9.36. The Balaban J connectivity index is 0.000000134. The molecule has 0 aliphatic carbocycles. The van der Waals surface area contributed by atoms with E-state index in [1.54, 1.807) is 4.90 Å². The Bertz CT molecular complexity index is 2230. The summed E-state index contributed by atoms with van der Waals surface area (Å²) in [6.45, 7) is 0. The van der Waals surface area contributed by atoms with Gasteiger partial charge in [0, 0.05) is 39.9 Å². The molecule has 4 nitrogen and oxygen atoms in total. The van der Waals surface area contributed by atoms with Crippen LogP contribution in [0.2, 0.25) is 0 Å². The second-order valence-corrected chi connectivity index (χ2v) is 11.5. The van der Waals surface area contributed by atoms with E-state index < -0.39 is 0 Å². The average Bonchev–Trinajstić information content (AvgIpc) is 3.57. The van der Waals surface area contributed by atoms with Crippen molar-refractivity contribution in [2.24, 2.45) is 0 Å². The fraction of sp³-hybridized carbons (Fsp3) is 0.0488. The molecule has 216 valence electrons. The van der Waals surface area contributed by atoms with E-state index >= 15 is 0 Å². The van der Waals surface area contributed by atoms with Gasteiger partial charge in [-0.15, -0.1) is 0 Å². The van der Waals surface area contributed by atoms with Gasteiger partial charge in [-0.25, -0.2) is 0 Å². The van der Waals surface area contributed by atoms with Crippen LogP contribution in [0.15, 0.2) is 152 Å². The van der Waals surface area contributed by atoms with Gasteiger partial charge in [0.05, 0.1) is 29.0 Å². The number of anilines is 3. The molecule has 0 unspecified atom stereocenters. The number of nitrogens with zero attached hydrogens (tertiary/aromatic N) is 2. The Morgan fingerprint density at radius 3 is 1.82 bits per heavy atom. The molecular weight excluding hydrogens is 550 g/mol. The summed E-state index contributed by atoms with van der Waals surface area (Å²) in [6, 6.07) is 52.0. The van der Waals surface area contributed by atoms with Gasteiger partial charge in [0.1, 0.15) is 0 Å². The summed E-state index contributed by atoms with van der Waals surface area (Å²) >= 11 is 0. The minimum atomic E-state index is 0.0909. The number of hydrogen-bond donors (Lipinski definition) is 1. The molecule has 45 heavy (non-hydrogen) atoms. The summed E-state index contributed by atoms with van der Waals surface area (Å²) in [5, 5.41) is 1.31. The maximum Gasteiger partial charge on any atom is 0.236 e. The molecule has 0 fully saturated rings. The molecule has 9 rings (SSSR count). The third-order valence-corrected chi connectivity index (χ3v) is 8.83. The van der Waals surface area contributed by atoms with Crippen LogP contribution in [0.25, 0.3) is 38.8 Å². The monoisotopic (exact) mass is 581 g/mol. The van der Waals surface area contributed by atoms with E-state index in [-0.39, 0.29) is 5.91 Å². The van der Waals surface area contributed by atoms with Crippen LogP contribution in [-0.2, 0) is 17.6 Å². The largest absolute Gasteiger partial charge is 0.398 e. The van der Waals surface area contributed by atoms with Crippen molar-refractivity contribution in [2.75, 3.05) is 10.6 Å². The van der Waals surface area contributed by atoms with E-state index in [1.165, 1.54) is 39.0 Å². The molecule has 1 aromatic heterocycles. The number of carbonyl (C=O) groups excluding carboxylic acids is 1. The highest BCUT2D eigenvalue weighted by molar-refractivity contribution is 6.10. The molecule has 1 amide bonds. The van der Waals surface area contributed by atoms with Gasteiger partial charge in [0.2, 0.25) is 5.91 Å². The number of aromatic nitrogens is 1. The number of benzene rings is 6. The van der Waals surface area contributed by atoms with Crippen LogP contribution in [0.3, 0.4) is 0 Å². The first-order valence-corrected chi connectivity index (χ1v) is 15.3. The van der Waals surface area contributed by atoms with E-state index in [0.717, 1.165) is 34.5 Å². The van der Waals surface area contributed by atoms with Crippen LogP contribution in [0.4, 0.5) is 17.1 Å². The fourth-order valence-corrected chi connectivity index (χ4v) is 6.81. The van der Waals surface area contributed by atoms with Crippen molar-refractivity contribution in [3.8, 4) is 27.9 Å². The number of fused-ring (bicyclic) bond motifs is 8. The van der Waals surface area contributed by atoms with Gasteiger partial charge in [-0.3, -0.25) is 9.69 Å². The zero-order chi connectivity index (χ0) is 30.3. The third kappa shape index (κ3) is 4.59. The number of hydrogen-bond acceptors (Lipinski definition) is 2. The zero-order valence-corrected chi connectivity index (χ0v) is 24.7. The van der Waals surface area contributed by atoms with Gasteiger partial charge >= 0.3 is 0 Å². The topological polar surface area (TPSA) is 51.3 Å². The Morgan fingerprint density at radius 1 is 0.489 bits per heavy atom. The smallest absolute Gasteiger partial charge is 0.236 e. The zero-order valence-electron chi connectivity index (χ0n) is 24.7. The highest BCUT2D eigenvalue weighted by Crippen LogP contribution is 2.42. The highest BCUT2D eigenvalue weighted by atomic mass is 16.2. The normalized spacial score (nSPS) is 12.8. The lowest BCUT2D eigenvalue weighted by molar-refractivity contribution is -0.116. The van der Waals surface area contributed by atoms with Crippen molar-refractivity contribution in [1.82, 2.24) is 4.57 Å². The molecule has 0 spiro atoms. The van der Waals surface area contributed by atoms with Crippen molar-refractivity contribution in [3.63, 3.8) is 0 Å². The van der Waals surface area contributed by atoms with Crippen LogP contribution >= 0.6 is 0 Å². The maximum atomic E-state index is 12.6. The second-order valence-electron chi connectivity index (χ2n) is 11.5. The van der Waals surface area contributed by atoms with Crippen molar-refractivity contribution in [1.29, 1.82) is 0 Å². The van der Waals surface area contributed by atoms with Gasteiger partial charge in [-0.2, -0.15) is 0 Å². The number of nitrogens with two attached hydrogens (primary N) is 1. The Hall–Kier alpha value is -5.87. The van der Waals surface area contributed by atoms with Gasteiger partial charge in [-0.1, -0.05) is 115 Å². The third-order valence-electron chi connectivity index (χ3n) is 8.83. The summed E-state index contributed by atoms with van der Waals surface area (Å²) in [7, 11) is 0. The number of nitrogen functional groups attached to an aromatic ring is 1. The second kappa shape index (κ2) is 11.0. The number of rotatable bonds is 2. The minimum absolute atomic E-state index is 0.0909. The van der Waals surface area contributed by atoms with Crippen molar-refractivity contribution in [2.45, 2.75) is 12.8 Å². The fourth-order valence-electron chi connectivity index (χ4n) is 6.81. The summed E-state index contributed by atoms with van der Waals surface area (Å²) < 4.78 is 2.42. The first-order valence-electron chi connectivity index (χ1n) is 15.3. The van der Waals surface area contributed by atoms with E-state index in [2.05, 4.69) is 83.4 Å². The predicted molar refractivity (Wildman–Crippen MR) is 185 cm³/mol. The molecule has 0 radical (unpaired) electrons. The van der Waals surface area contributed by atoms with Crippen LogP contribution < -0.4 is 10.6 Å². The van der Waals surface area contributed by atoms with Gasteiger partial charge in [0.15, 0.2) is 0 Å². The summed E-state index contributed by atoms with van der Waals surface area (Å²) in [6.07, 6.45) is 1.41. The van der Waals surface area contributed by atoms with Crippen LogP contribution in [0, 0.1) is 0 Å². The minimum Gasteiger partial charge on any atom is -0.398 e. The number of amides is 1. The number of para-hydroxylation sites is 5. The Labute approximate surface area is 262 Å². The van der Waals surface area contributed by atoms with Crippen molar-refractivity contribution >= 4 is 33.9 Å².